The lowest BCUT2D eigenvalue weighted by Gasteiger charge is -2.12. The predicted molar refractivity (Wildman–Crippen MR) is 84.7 cm³/mol. The Bertz CT molecular complexity index is 594. The van der Waals surface area contributed by atoms with E-state index in [0.29, 0.717) is 6.42 Å². The number of aryl methyl sites for hydroxylation is 2. The molecular formula is C18H19ClO. The lowest BCUT2D eigenvalue weighted by molar-refractivity contribution is 0.0975. The van der Waals surface area contributed by atoms with Crippen LogP contribution in [0.1, 0.15) is 46.3 Å². The van der Waals surface area contributed by atoms with Gasteiger partial charge in [0, 0.05) is 17.0 Å². The quantitative estimate of drug-likeness (QED) is 0.694. The van der Waals surface area contributed by atoms with Crippen molar-refractivity contribution in [3.63, 3.8) is 0 Å². The van der Waals surface area contributed by atoms with Crippen LogP contribution in [0.15, 0.2) is 42.5 Å². The lowest BCUT2D eigenvalue weighted by Crippen LogP contribution is -2.05. The van der Waals surface area contributed by atoms with Crippen molar-refractivity contribution in [1.29, 1.82) is 0 Å². The molecule has 0 aromatic heterocycles. The summed E-state index contributed by atoms with van der Waals surface area (Å²) in [6.45, 7) is 6.11. The van der Waals surface area contributed by atoms with Crippen LogP contribution in [0.3, 0.4) is 0 Å². The summed E-state index contributed by atoms with van der Waals surface area (Å²) >= 11 is 5.89. The molecule has 0 spiro atoms. The van der Waals surface area contributed by atoms with Crippen LogP contribution < -0.4 is 0 Å². The van der Waals surface area contributed by atoms with Crippen LogP contribution in [-0.4, -0.2) is 5.78 Å². The van der Waals surface area contributed by atoms with Crippen LogP contribution in [0.25, 0.3) is 0 Å². The van der Waals surface area contributed by atoms with Gasteiger partial charge in [-0.15, -0.1) is 0 Å². The number of carbonyl (C=O) groups excluding carboxylic acids is 1. The van der Waals surface area contributed by atoms with Gasteiger partial charge in [0.15, 0.2) is 5.78 Å². The summed E-state index contributed by atoms with van der Waals surface area (Å²) in [5.74, 6) is 0.389. The van der Waals surface area contributed by atoms with Crippen LogP contribution in [-0.2, 0) is 0 Å². The SMILES string of the molecule is Cc1cc(C)cc(C(=O)C[C@H](C)c2ccc(Cl)cc2)c1. The summed E-state index contributed by atoms with van der Waals surface area (Å²) in [4.78, 5) is 12.4. The third-order valence-corrected chi connectivity index (χ3v) is 3.73. The maximum absolute atomic E-state index is 12.4. The van der Waals surface area contributed by atoms with Gasteiger partial charge in [0.1, 0.15) is 0 Å². The smallest absolute Gasteiger partial charge is 0.163 e. The largest absolute Gasteiger partial charge is 0.294 e. The molecule has 0 N–H and O–H groups in total. The van der Waals surface area contributed by atoms with E-state index in [2.05, 4.69) is 13.0 Å². The minimum Gasteiger partial charge on any atom is -0.294 e. The zero-order chi connectivity index (χ0) is 14.7. The molecule has 0 fully saturated rings. The number of Topliss-reactive ketones (excluding diaryl/α,β-unsaturated/α-hetero) is 1. The molecule has 1 nitrogen and oxygen atoms in total. The highest BCUT2D eigenvalue weighted by Crippen LogP contribution is 2.23. The molecule has 2 rings (SSSR count). The van der Waals surface area contributed by atoms with Gasteiger partial charge in [-0.2, -0.15) is 0 Å². The van der Waals surface area contributed by atoms with Crippen molar-refractivity contribution in [2.75, 3.05) is 0 Å². The summed E-state index contributed by atoms with van der Waals surface area (Å²) < 4.78 is 0. The molecule has 0 saturated carbocycles. The van der Waals surface area contributed by atoms with Gasteiger partial charge < -0.3 is 0 Å². The second-order valence-electron chi connectivity index (χ2n) is 5.46. The van der Waals surface area contributed by atoms with E-state index in [4.69, 9.17) is 11.6 Å². The summed E-state index contributed by atoms with van der Waals surface area (Å²) in [5, 5.41) is 0.724. The van der Waals surface area contributed by atoms with Crippen LogP contribution >= 0.6 is 11.6 Å². The fourth-order valence-electron chi connectivity index (χ4n) is 2.44. The summed E-state index contributed by atoms with van der Waals surface area (Å²) in [6, 6.07) is 13.7. The zero-order valence-electron chi connectivity index (χ0n) is 12.1. The normalized spacial score (nSPS) is 12.2. The first-order valence-electron chi connectivity index (χ1n) is 6.82. The molecule has 2 aromatic carbocycles. The standard InChI is InChI=1S/C18H19ClO/c1-12-8-13(2)10-16(9-12)18(20)11-14(3)15-4-6-17(19)7-5-15/h4-10,14H,11H2,1-3H3/t14-/m0/s1. The van der Waals surface area contributed by atoms with E-state index in [1.165, 1.54) is 0 Å². The topological polar surface area (TPSA) is 17.1 Å². The zero-order valence-corrected chi connectivity index (χ0v) is 12.9. The maximum Gasteiger partial charge on any atom is 0.163 e. The Morgan fingerprint density at radius 2 is 1.60 bits per heavy atom. The molecule has 0 unspecified atom stereocenters. The third kappa shape index (κ3) is 3.71. The van der Waals surface area contributed by atoms with Crippen molar-refractivity contribution in [2.24, 2.45) is 0 Å². The van der Waals surface area contributed by atoms with Crippen LogP contribution in [0, 0.1) is 13.8 Å². The van der Waals surface area contributed by atoms with E-state index in [1.807, 2.05) is 50.2 Å². The first-order valence-corrected chi connectivity index (χ1v) is 7.20. The Hall–Kier alpha value is -1.60. The molecule has 0 radical (unpaired) electrons. The second kappa shape index (κ2) is 6.23. The molecule has 2 aromatic rings. The van der Waals surface area contributed by atoms with Gasteiger partial charge >= 0.3 is 0 Å². The van der Waals surface area contributed by atoms with Crippen LogP contribution in [0.5, 0.6) is 0 Å². The molecule has 0 aliphatic carbocycles. The molecule has 20 heavy (non-hydrogen) atoms. The average molecular weight is 287 g/mol. The van der Waals surface area contributed by atoms with E-state index in [9.17, 15) is 4.79 Å². The van der Waals surface area contributed by atoms with Crippen molar-refractivity contribution in [3.05, 3.63) is 69.7 Å². The first kappa shape index (κ1) is 14.8. The molecule has 0 saturated heterocycles. The highest BCUT2D eigenvalue weighted by Gasteiger charge is 2.13. The molecule has 1 atom stereocenters. The third-order valence-electron chi connectivity index (χ3n) is 3.47. The molecule has 0 aliphatic heterocycles. The summed E-state index contributed by atoms with van der Waals surface area (Å²) in [5.41, 5.74) is 4.22. The second-order valence-corrected chi connectivity index (χ2v) is 5.89. The van der Waals surface area contributed by atoms with Crippen molar-refractivity contribution in [1.82, 2.24) is 0 Å². The predicted octanol–water partition coefficient (Wildman–Crippen LogP) is 5.33. The highest BCUT2D eigenvalue weighted by molar-refractivity contribution is 6.30. The molecule has 104 valence electrons. The Labute approximate surface area is 125 Å². The Morgan fingerprint density at radius 1 is 1.05 bits per heavy atom. The van der Waals surface area contributed by atoms with E-state index in [0.717, 1.165) is 27.3 Å². The van der Waals surface area contributed by atoms with Gasteiger partial charge in [-0.1, -0.05) is 47.9 Å². The molecular weight excluding hydrogens is 268 g/mol. The summed E-state index contributed by atoms with van der Waals surface area (Å²) in [7, 11) is 0. The van der Waals surface area contributed by atoms with Gasteiger partial charge in [-0.3, -0.25) is 4.79 Å². The number of ketones is 1. The van der Waals surface area contributed by atoms with Gasteiger partial charge in [0.05, 0.1) is 0 Å². The number of rotatable bonds is 4. The Kier molecular flexibility index (Phi) is 4.61. The van der Waals surface area contributed by atoms with Gasteiger partial charge in [-0.05, 0) is 49.6 Å². The Morgan fingerprint density at radius 3 is 2.15 bits per heavy atom. The number of halogens is 1. The minimum absolute atomic E-state index is 0.194. The number of hydrogen-bond acceptors (Lipinski definition) is 1. The van der Waals surface area contributed by atoms with Gasteiger partial charge in [0.25, 0.3) is 0 Å². The van der Waals surface area contributed by atoms with E-state index in [1.54, 1.807) is 0 Å². The monoisotopic (exact) mass is 286 g/mol. The van der Waals surface area contributed by atoms with Gasteiger partial charge in [-0.25, -0.2) is 0 Å². The maximum atomic E-state index is 12.4. The minimum atomic E-state index is 0.194. The van der Waals surface area contributed by atoms with E-state index >= 15 is 0 Å². The highest BCUT2D eigenvalue weighted by atomic mass is 35.5. The van der Waals surface area contributed by atoms with E-state index < -0.39 is 0 Å². The van der Waals surface area contributed by atoms with E-state index in [-0.39, 0.29) is 11.7 Å². The molecule has 0 heterocycles. The van der Waals surface area contributed by atoms with Crippen LogP contribution in [0.2, 0.25) is 5.02 Å². The molecule has 0 amide bonds. The first-order chi connectivity index (χ1) is 9.45. The number of carbonyl (C=O) groups is 1. The Balaban J connectivity index is 2.12. The fourth-order valence-corrected chi connectivity index (χ4v) is 2.57. The molecule has 2 heteroatoms. The van der Waals surface area contributed by atoms with Crippen molar-refractivity contribution < 1.29 is 4.79 Å². The fraction of sp³-hybridized carbons (Fsp3) is 0.278. The molecule has 0 bridgehead atoms. The van der Waals surface area contributed by atoms with Gasteiger partial charge in [0.2, 0.25) is 0 Å². The number of benzene rings is 2. The summed E-state index contributed by atoms with van der Waals surface area (Å²) in [6.07, 6.45) is 0.518. The average Bonchev–Trinajstić information content (AvgIpc) is 2.38. The van der Waals surface area contributed by atoms with Crippen molar-refractivity contribution in [2.45, 2.75) is 33.1 Å². The van der Waals surface area contributed by atoms with Crippen molar-refractivity contribution >= 4 is 17.4 Å². The number of hydrogen-bond donors (Lipinski definition) is 0. The molecule has 0 aliphatic rings. The van der Waals surface area contributed by atoms with Crippen molar-refractivity contribution in [3.8, 4) is 0 Å². The van der Waals surface area contributed by atoms with Crippen LogP contribution in [0.4, 0.5) is 0 Å². The lowest BCUT2D eigenvalue weighted by atomic mass is 9.92.